The first-order valence-electron chi connectivity index (χ1n) is 6.57. The zero-order chi connectivity index (χ0) is 13.2. The van der Waals surface area contributed by atoms with E-state index in [0.29, 0.717) is 23.7 Å². The van der Waals surface area contributed by atoms with Gasteiger partial charge < -0.3 is 9.64 Å². The number of nitriles is 1. The molecule has 0 saturated carbocycles. The molecule has 0 amide bonds. The van der Waals surface area contributed by atoms with Crippen LogP contribution in [0.1, 0.15) is 12.1 Å². The molecule has 0 unspecified atom stereocenters. The van der Waals surface area contributed by atoms with E-state index in [-0.39, 0.29) is 0 Å². The van der Waals surface area contributed by atoms with Gasteiger partial charge in [0.05, 0.1) is 18.8 Å². The summed E-state index contributed by atoms with van der Waals surface area (Å²) in [6, 6.07) is 2.49. The molecule has 2 aliphatic rings. The van der Waals surface area contributed by atoms with Crippen molar-refractivity contribution in [2.45, 2.75) is 18.6 Å². The van der Waals surface area contributed by atoms with Gasteiger partial charge in [0.2, 0.25) is 0 Å². The van der Waals surface area contributed by atoms with Crippen LogP contribution >= 0.6 is 0 Å². The van der Waals surface area contributed by atoms with Gasteiger partial charge in [0.1, 0.15) is 6.07 Å². The number of nitrogens with zero attached hydrogens (tertiary/aromatic N) is 5. The molecule has 0 spiro atoms. The molecule has 1 aromatic rings. The molecule has 0 bridgehead atoms. The molecule has 6 heteroatoms. The highest BCUT2D eigenvalue weighted by Crippen LogP contribution is 2.25. The summed E-state index contributed by atoms with van der Waals surface area (Å²) in [6.07, 6.45) is 4.47. The van der Waals surface area contributed by atoms with Crippen LogP contribution in [0.15, 0.2) is 12.4 Å². The van der Waals surface area contributed by atoms with E-state index in [4.69, 9.17) is 10.00 Å². The second kappa shape index (κ2) is 5.11. The Hall–Kier alpha value is -1.71. The average Bonchev–Trinajstić information content (AvgIpc) is 2.47. The van der Waals surface area contributed by atoms with Gasteiger partial charge in [-0.15, -0.1) is 0 Å². The van der Waals surface area contributed by atoms with E-state index >= 15 is 0 Å². The maximum atomic E-state index is 9.12. The highest BCUT2D eigenvalue weighted by molar-refractivity contribution is 5.50. The van der Waals surface area contributed by atoms with Crippen LogP contribution in [-0.4, -0.2) is 60.3 Å². The lowest BCUT2D eigenvalue weighted by Crippen LogP contribution is -2.59. The SMILES string of the molecule is CN1CCO[C@H]2CCN(c3nccnc3C#N)C[C@@H]21. The molecule has 19 heavy (non-hydrogen) atoms. The maximum Gasteiger partial charge on any atom is 0.183 e. The first kappa shape index (κ1) is 12.3. The molecule has 2 fully saturated rings. The summed E-state index contributed by atoms with van der Waals surface area (Å²) in [4.78, 5) is 12.9. The molecular formula is C13H17N5O. The lowest BCUT2D eigenvalue weighted by molar-refractivity contribution is -0.0687. The Bertz CT molecular complexity index is 500. The predicted octanol–water partition coefficient (Wildman–Crippen LogP) is 0.258. The van der Waals surface area contributed by atoms with Crippen LogP contribution < -0.4 is 4.90 Å². The van der Waals surface area contributed by atoms with Crippen LogP contribution in [0.5, 0.6) is 0 Å². The lowest BCUT2D eigenvalue weighted by Gasteiger charge is -2.46. The van der Waals surface area contributed by atoms with Gasteiger partial charge in [-0.25, -0.2) is 9.97 Å². The second-order valence-electron chi connectivity index (χ2n) is 5.03. The van der Waals surface area contributed by atoms with Crippen molar-refractivity contribution in [3.63, 3.8) is 0 Å². The van der Waals surface area contributed by atoms with E-state index in [1.165, 1.54) is 0 Å². The molecule has 0 aromatic carbocycles. The molecule has 0 radical (unpaired) electrons. The number of hydrogen-bond acceptors (Lipinski definition) is 6. The van der Waals surface area contributed by atoms with Crippen molar-refractivity contribution in [2.75, 3.05) is 38.2 Å². The third-order valence-electron chi connectivity index (χ3n) is 3.95. The van der Waals surface area contributed by atoms with Crippen molar-refractivity contribution in [3.8, 4) is 6.07 Å². The van der Waals surface area contributed by atoms with E-state index in [2.05, 4.69) is 32.9 Å². The Morgan fingerprint density at radius 2 is 2.21 bits per heavy atom. The number of morpholine rings is 1. The minimum atomic E-state index is 0.303. The molecule has 2 saturated heterocycles. The van der Waals surface area contributed by atoms with Gasteiger partial charge in [-0.05, 0) is 13.5 Å². The smallest absolute Gasteiger partial charge is 0.183 e. The summed E-state index contributed by atoms with van der Waals surface area (Å²) in [6.45, 7) is 3.48. The van der Waals surface area contributed by atoms with Crippen molar-refractivity contribution < 1.29 is 4.74 Å². The Labute approximate surface area is 112 Å². The van der Waals surface area contributed by atoms with Crippen LogP contribution in [0.25, 0.3) is 0 Å². The largest absolute Gasteiger partial charge is 0.375 e. The van der Waals surface area contributed by atoms with Gasteiger partial charge in [0.15, 0.2) is 11.5 Å². The first-order chi connectivity index (χ1) is 9.29. The van der Waals surface area contributed by atoms with E-state index in [1.807, 2.05) is 0 Å². The van der Waals surface area contributed by atoms with Crippen molar-refractivity contribution in [1.29, 1.82) is 5.26 Å². The Balaban J connectivity index is 1.82. The average molecular weight is 259 g/mol. The van der Waals surface area contributed by atoms with Gasteiger partial charge in [0.25, 0.3) is 0 Å². The monoisotopic (exact) mass is 259 g/mol. The van der Waals surface area contributed by atoms with Gasteiger partial charge in [-0.2, -0.15) is 5.26 Å². The standard InChI is InChI=1S/C13H17N5O/c1-17-6-7-19-12-2-5-18(9-11(12)17)13-10(8-14)15-3-4-16-13/h3-4,11-12H,2,5-7,9H2,1H3/t11-,12-/m0/s1. The predicted molar refractivity (Wildman–Crippen MR) is 69.7 cm³/mol. The summed E-state index contributed by atoms with van der Waals surface area (Å²) < 4.78 is 5.82. The summed E-state index contributed by atoms with van der Waals surface area (Å²) in [5.41, 5.74) is 0.403. The van der Waals surface area contributed by atoms with Crippen LogP contribution in [0.2, 0.25) is 0 Å². The Morgan fingerprint density at radius 1 is 1.37 bits per heavy atom. The van der Waals surface area contributed by atoms with Gasteiger partial charge in [-0.3, -0.25) is 4.90 Å². The number of hydrogen-bond donors (Lipinski definition) is 0. The van der Waals surface area contributed by atoms with Gasteiger partial charge in [0, 0.05) is 32.0 Å². The fourth-order valence-electron chi connectivity index (χ4n) is 2.87. The molecule has 2 atom stereocenters. The molecule has 0 N–H and O–H groups in total. The molecule has 3 rings (SSSR count). The fourth-order valence-corrected chi connectivity index (χ4v) is 2.87. The molecule has 1 aromatic heterocycles. The number of rotatable bonds is 1. The quantitative estimate of drug-likeness (QED) is 0.720. The minimum Gasteiger partial charge on any atom is -0.375 e. The first-order valence-corrected chi connectivity index (χ1v) is 6.57. The van der Waals surface area contributed by atoms with Crippen LogP contribution in [-0.2, 0) is 4.74 Å². The molecule has 0 aliphatic carbocycles. The fraction of sp³-hybridized carbons (Fsp3) is 0.615. The molecule has 6 nitrogen and oxygen atoms in total. The third-order valence-corrected chi connectivity index (χ3v) is 3.95. The number of fused-ring (bicyclic) bond motifs is 1. The molecule has 3 heterocycles. The van der Waals surface area contributed by atoms with Crippen molar-refractivity contribution >= 4 is 5.82 Å². The van der Waals surface area contributed by atoms with Gasteiger partial charge >= 0.3 is 0 Å². The molecule has 2 aliphatic heterocycles. The summed E-state index contributed by atoms with van der Waals surface area (Å²) >= 11 is 0. The molecular weight excluding hydrogens is 242 g/mol. The van der Waals surface area contributed by atoms with Crippen LogP contribution in [0.3, 0.4) is 0 Å². The van der Waals surface area contributed by atoms with Crippen molar-refractivity contribution in [2.24, 2.45) is 0 Å². The third kappa shape index (κ3) is 2.27. The van der Waals surface area contributed by atoms with E-state index in [0.717, 1.165) is 32.7 Å². The summed E-state index contributed by atoms with van der Waals surface area (Å²) in [5.74, 6) is 0.697. The van der Waals surface area contributed by atoms with E-state index in [9.17, 15) is 0 Å². The maximum absolute atomic E-state index is 9.12. The highest BCUT2D eigenvalue weighted by Gasteiger charge is 2.36. The number of likely N-dealkylation sites (N-methyl/N-ethyl adjacent to an activating group) is 1. The Morgan fingerprint density at radius 3 is 3.05 bits per heavy atom. The number of anilines is 1. The topological polar surface area (TPSA) is 65.3 Å². The number of ether oxygens (including phenoxy) is 1. The number of piperidine rings is 1. The van der Waals surface area contributed by atoms with Crippen LogP contribution in [0, 0.1) is 11.3 Å². The number of aromatic nitrogens is 2. The second-order valence-corrected chi connectivity index (χ2v) is 5.03. The zero-order valence-corrected chi connectivity index (χ0v) is 11.0. The normalized spacial score (nSPS) is 27.7. The van der Waals surface area contributed by atoms with Crippen LogP contribution in [0.4, 0.5) is 5.82 Å². The zero-order valence-electron chi connectivity index (χ0n) is 11.0. The molecule has 100 valence electrons. The summed E-state index contributed by atoms with van der Waals surface area (Å²) in [7, 11) is 2.13. The lowest BCUT2D eigenvalue weighted by atomic mass is 9.99. The van der Waals surface area contributed by atoms with Crippen molar-refractivity contribution in [1.82, 2.24) is 14.9 Å². The van der Waals surface area contributed by atoms with E-state index < -0.39 is 0 Å². The highest BCUT2D eigenvalue weighted by atomic mass is 16.5. The Kier molecular flexibility index (Phi) is 3.32. The van der Waals surface area contributed by atoms with Gasteiger partial charge in [-0.1, -0.05) is 0 Å². The van der Waals surface area contributed by atoms with E-state index in [1.54, 1.807) is 12.4 Å². The summed E-state index contributed by atoms with van der Waals surface area (Å²) in [5, 5.41) is 9.12. The van der Waals surface area contributed by atoms with Crippen molar-refractivity contribution in [3.05, 3.63) is 18.1 Å². The minimum absolute atomic E-state index is 0.303.